The minimum absolute atomic E-state index is 0.304. The molecule has 78 valence electrons. The van der Waals surface area contributed by atoms with E-state index in [0.717, 1.165) is 0 Å². The van der Waals surface area contributed by atoms with Crippen LogP contribution in [0.15, 0.2) is 12.4 Å². The van der Waals surface area contributed by atoms with Crippen LogP contribution in [0.3, 0.4) is 0 Å². The van der Waals surface area contributed by atoms with Crippen molar-refractivity contribution in [1.29, 1.82) is 0 Å². The normalized spacial score (nSPS) is 11.4. The quantitative estimate of drug-likeness (QED) is 0.745. The van der Waals surface area contributed by atoms with Crippen LogP contribution >= 0.6 is 0 Å². The summed E-state index contributed by atoms with van der Waals surface area (Å²) in [6, 6.07) is 1.24. The predicted molar refractivity (Wildman–Crippen MR) is 51.6 cm³/mol. The number of hydrogen-bond acceptors (Lipinski definition) is 4. The molecule has 4 nitrogen and oxygen atoms in total. The van der Waals surface area contributed by atoms with Crippen molar-refractivity contribution in [2.75, 3.05) is 19.0 Å². The Morgan fingerprint density at radius 2 is 2.21 bits per heavy atom. The van der Waals surface area contributed by atoms with E-state index in [1.165, 1.54) is 12.4 Å². The number of anilines is 1. The molecule has 5 heteroatoms. The van der Waals surface area contributed by atoms with E-state index in [0.29, 0.717) is 12.4 Å². The summed E-state index contributed by atoms with van der Waals surface area (Å²) < 4.78 is 17.8. The largest absolute Gasteiger partial charge is 0.377 e. The standard InChI is InChI=1S/C9H14FN3O/c1-9(2,14-3)5-11-8-4-7(10)12-6-13-8/h4,6H,5H2,1-3H3,(H,11,12,13). The highest BCUT2D eigenvalue weighted by Crippen LogP contribution is 2.09. The van der Waals surface area contributed by atoms with Crippen molar-refractivity contribution in [1.82, 2.24) is 9.97 Å². The van der Waals surface area contributed by atoms with E-state index in [-0.39, 0.29) is 5.60 Å². The van der Waals surface area contributed by atoms with Crippen molar-refractivity contribution in [2.24, 2.45) is 0 Å². The predicted octanol–water partition coefficient (Wildman–Crippen LogP) is 1.45. The van der Waals surface area contributed by atoms with Crippen LogP contribution in [0, 0.1) is 5.95 Å². The van der Waals surface area contributed by atoms with Crippen LogP contribution in [0.25, 0.3) is 0 Å². The lowest BCUT2D eigenvalue weighted by molar-refractivity contribution is 0.0343. The SMILES string of the molecule is COC(C)(C)CNc1cc(F)ncn1. The van der Waals surface area contributed by atoms with Crippen molar-refractivity contribution < 1.29 is 9.13 Å². The van der Waals surface area contributed by atoms with E-state index in [1.807, 2.05) is 13.8 Å². The fraction of sp³-hybridized carbons (Fsp3) is 0.556. The first-order valence-electron chi connectivity index (χ1n) is 4.30. The van der Waals surface area contributed by atoms with Crippen molar-refractivity contribution in [3.63, 3.8) is 0 Å². The van der Waals surface area contributed by atoms with E-state index >= 15 is 0 Å². The van der Waals surface area contributed by atoms with Gasteiger partial charge in [-0.05, 0) is 13.8 Å². The second-order valence-electron chi connectivity index (χ2n) is 3.54. The topological polar surface area (TPSA) is 47.0 Å². The maximum Gasteiger partial charge on any atom is 0.217 e. The zero-order valence-corrected chi connectivity index (χ0v) is 8.54. The minimum atomic E-state index is -0.544. The first kappa shape index (κ1) is 10.8. The van der Waals surface area contributed by atoms with Crippen molar-refractivity contribution in [3.05, 3.63) is 18.3 Å². The highest BCUT2D eigenvalue weighted by molar-refractivity contribution is 5.32. The second kappa shape index (κ2) is 4.32. The Bertz CT molecular complexity index is 304. The van der Waals surface area contributed by atoms with Crippen molar-refractivity contribution in [3.8, 4) is 0 Å². The number of methoxy groups -OCH3 is 1. The number of ether oxygens (including phenoxy) is 1. The Kier molecular flexibility index (Phi) is 3.35. The van der Waals surface area contributed by atoms with Crippen LogP contribution < -0.4 is 5.32 Å². The Morgan fingerprint density at radius 1 is 1.50 bits per heavy atom. The summed E-state index contributed by atoms with van der Waals surface area (Å²) in [6.07, 6.45) is 1.18. The molecular weight excluding hydrogens is 185 g/mol. The molecule has 0 spiro atoms. The Hall–Kier alpha value is -1.23. The van der Waals surface area contributed by atoms with E-state index in [9.17, 15) is 4.39 Å². The molecule has 0 saturated carbocycles. The van der Waals surface area contributed by atoms with E-state index in [2.05, 4.69) is 15.3 Å². The molecule has 1 aromatic rings. The summed E-state index contributed by atoms with van der Waals surface area (Å²) in [5.74, 6) is -0.0830. The van der Waals surface area contributed by atoms with Gasteiger partial charge in [0.1, 0.15) is 12.1 Å². The average molecular weight is 199 g/mol. The molecule has 0 amide bonds. The molecule has 0 bridgehead atoms. The van der Waals surface area contributed by atoms with Gasteiger partial charge in [-0.3, -0.25) is 0 Å². The summed E-state index contributed by atoms with van der Waals surface area (Å²) in [5, 5.41) is 2.96. The van der Waals surface area contributed by atoms with Crippen LogP contribution in [0.5, 0.6) is 0 Å². The molecule has 1 heterocycles. The Morgan fingerprint density at radius 3 is 2.79 bits per heavy atom. The third-order valence-corrected chi connectivity index (χ3v) is 1.88. The van der Waals surface area contributed by atoms with Gasteiger partial charge >= 0.3 is 0 Å². The number of aromatic nitrogens is 2. The molecule has 1 aromatic heterocycles. The van der Waals surface area contributed by atoms with Gasteiger partial charge in [-0.15, -0.1) is 0 Å². The van der Waals surface area contributed by atoms with Gasteiger partial charge in [-0.2, -0.15) is 4.39 Å². The first-order chi connectivity index (χ1) is 6.53. The lowest BCUT2D eigenvalue weighted by Gasteiger charge is -2.23. The van der Waals surface area contributed by atoms with Crippen LogP contribution in [0.2, 0.25) is 0 Å². The Balaban J connectivity index is 2.54. The third kappa shape index (κ3) is 3.26. The van der Waals surface area contributed by atoms with Crippen LogP contribution in [-0.4, -0.2) is 29.2 Å². The molecule has 0 saturated heterocycles. The van der Waals surface area contributed by atoms with Gasteiger partial charge in [0.15, 0.2) is 0 Å². The highest BCUT2D eigenvalue weighted by Gasteiger charge is 2.15. The van der Waals surface area contributed by atoms with Gasteiger partial charge in [-0.25, -0.2) is 9.97 Å². The smallest absolute Gasteiger partial charge is 0.217 e. The molecule has 14 heavy (non-hydrogen) atoms. The molecule has 0 fully saturated rings. The van der Waals surface area contributed by atoms with Gasteiger partial charge < -0.3 is 10.1 Å². The minimum Gasteiger partial charge on any atom is -0.377 e. The summed E-state index contributed by atoms with van der Waals surface area (Å²) in [6.45, 7) is 4.41. The average Bonchev–Trinajstić information content (AvgIpc) is 2.15. The number of hydrogen-bond donors (Lipinski definition) is 1. The van der Waals surface area contributed by atoms with Gasteiger partial charge in [-0.1, -0.05) is 0 Å². The maximum absolute atomic E-state index is 12.6. The molecule has 0 aliphatic rings. The summed E-state index contributed by atoms with van der Waals surface area (Å²) in [4.78, 5) is 7.21. The molecule has 0 aromatic carbocycles. The second-order valence-corrected chi connectivity index (χ2v) is 3.54. The van der Waals surface area contributed by atoms with E-state index in [1.54, 1.807) is 7.11 Å². The Labute approximate surface area is 82.5 Å². The number of nitrogens with one attached hydrogen (secondary N) is 1. The number of halogens is 1. The lowest BCUT2D eigenvalue weighted by atomic mass is 10.1. The van der Waals surface area contributed by atoms with Crippen LogP contribution in [0.1, 0.15) is 13.8 Å². The summed E-state index contributed by atoms with van der Waals surface area (Å²) in [7, 11) is 1.63. The van der Waals surface area contributed by atoms with Gasteiger partial charge in [0.05, 0.1) is 5.60 Å². The van der Waals surface area contributed by atoms with E-state index < -0.39 is 5.95 Å². The maximum atomic E-state index is 12.6. The van der Waals surface area contributed by atoms with Crippen molar-refractivity contribution >= 4 is 5.82 Å². The number of rotatable bonds is 4. The fourth-order valence-corrected chi connectivity index (χ4v) is 0.806. The molecule has 0 aliphatic carbocycles. The molecule has 0 aliphatic heterocycles. The van der Waals surface area contributed by atoms with Crippen molar-refractivity contribution in [2.45, 2.75) is 19.4 Å². The lowest BCUT2D eigenvalue weighted by Crippen LogP contribution is -2.32. The fourth-order valence-electron chi connectivity index (χ4n) is 0.806. The van der Waals surface area contributed by atoms with Crippen LogP contribution in [-0.2, 0) is 4.74 Å². The summed E-state index contributed by atoms with van der Waals surface area (Å²) >= 11 is 0. The zero-order chi connectivity index (χ0) is 10.6. The molecule has 0 atom stereocenters. The van der Waals surface area contributed by atoms with Crippen LogP contribution in [0.4, 0.5) is 10.2 Å². The highest BCUT2D eigenvalue weighted by atomic mass is 19.1. The molecule has 0 radical (unpaired) electrons. The number of nitrogens with zero attached hydrogens (tertiary/aromatic N) is 2. The third-order valence-electron chi connectivity index (χ3n) is 1.88. The van der Waals surface area contributed by atoms with E-state index in [4.69, 9.17) is 4.74 Å². The molecular formula is C9H14FN3O. The molecule has 1 N–H and O–H groups in total. The monoisotopic (exact) mass is 199 g/mol. The van der Waals surface area contributed by atoms with Gasteiger partial charge in [0, 0.05) is 19.7 Å². The molecule has 0 unspecified atom stereocenters. The van der Waals surface area contributed by atoms with Gasteiger partial charge in [0.2, 0.25) is 5.95 Å². The molecule has 1 rings (SSSR count). The summed E-state index contributed by atoms with van der Waals surface area (Å²) in [5.41, 5.74) is -0.304. The van der Waals surface area contributed by atoms with Gasteiger partial charge in [0.25, 0.3) is 0 Å². The first-order valence-corrected chi connectivity index (χ1v) is 4.30. The zero-order valence-electron chi connectivity index (χ0n) is 8.54.